The Hall–Kier alpha value is -2.38. The fourth-order valence-corrected chi connectivity index (χ4v) is 1.56. The van der Waals surface area contributed by atoms with Crippen molar-refractivity contribution < 1.29 is 4.74 Å². The van der Waals surface area contributed by atoms with E-state index in [1.807, 2.05) is 18.2 Å². The Morgan fingerprint density at radius 3 is 2.79 bits per heavy atom. The monoisotopic (exact) mass is 253 g/mol. The predicted molar refractivity (Wildman–Crippen MR) is 73.6 cm³/mol. The Morgan fingerprint density at radius 1 is 1.16 bits per heavy atom. The number of nitrogens with two attached hydrogens (primary N) is 1. The standard InChI is InChI=1S/C15H15N3O/c16-6-1-2-14-10-15(12-18-11-14)19-9-5-13-3-7-17-8-4-13/h3-4,7-8,10-12H,5-6,9,16H2. The molecule has 2 aromatic heterocycles. The van der Waals surface area contributed by atoms with Crippen LogP contribution >= 0.6 is 0 Å². The van der Waals surface area contributed by atoms with Gasteiger partial charge in [0, 0.05) is 30.6 Å². The van der Waals surface area contributed by atoms with E-state index in [1.54, 1.807) is 24.8 Å². The van der Waals surface area contributed by atoms with Crippen molar-refractivity contribution in [2.75, 3.05) is 13.2 Å². The van der Waals surface area contributed by atoms with Crippen molar-refractivity contribution in [3.05, 3.63) is 54.1 Å². The van der Waals surface area contributed by atoms with E-state index >= 15 is 0 Å². The fourth-order valence-electron chi connectivity index (χ4n) is 1.56. The zero-order valence-corrected chi connectivity index (χ0v) is 10.5. The van der Waals surface area contributed by atoms with Gasteiger partial charge in [0.15, 0.2) is 0 Å². The number of pyridine rings is 2. The van der Waals surface area contributed by atoms with Crippen molar-refractivity contribution in [2.24, 2.45) is 5.73 Å². The van der Waals surface area contributed by atoms with Gasteiger partial charge in [-0.25, -0.2) is 0 Å². The molecule has 0 aliphatic rings. The van der Waals surface area contributed by atoms with E-state index in [2.05, 4.69) is 21.8 Å². The minimum Gasteiger partial charge on any atom is -0.492 e. The molecule has 0 fully saturated rings. The van der Waals surface area contributed by atoms with Gasteiger partial charge in [-0.3, -0.25) is 9.97 Å². The van der Waals surface area contributed by atoms with Crippen LogP contribution in [0.3, 0.4) is 0 Å². The lowest BCUT2D eigenvalue weighted by Crippen LogP contribution is -2.02. The molecule has 0 bridgehead atoms. The van der Waals surface area contributed by atoms with Crippen LogP contribution in [-0.4, -0.2) is 23.1 Å². The molecule has 0 saturated heterocycles. The van der Waals surface area contributed by atoms with E-state index in [0.717, 1.165) is 17.7 Å². The molecule has 0 saturated carbocycles. The first kappa shape index (κ1) is 13.1. The molecule has 2 heterocycles. The molecule has 19 heavy (non-hydrogen) atoms. The van der Waals surface area contributed by atoms with Crippen molar-refractivity contribution in [3.8, 4) is 17.6 Å². The van der Waals surface area contributed by atoms with E-state index in [0.29, 0.717) is 13.2 Å². The quantitative estimate of drug-likeness (QED) is 0.837. The van der Waals surface area contributed by atoms with Crippen molar-refractivity contribution in [2.45, 2.75) is 6.42 Å². The van der Waals surface area contributed by atoms with Gasteiger partial charge in [0.1, 0.15) is 5.75 Å². The lowest BCUT2D eigenvalue weighted by Gasteiger charge is -2.05. The van der Waals surface area contributed by atoms with E-state index in [-0.39, 0.29) is 0 Å². The molecule has 0 atom stereocenters. The maximum absolute atomic E-state index is 5.65. The van der Waals surface area contributed by atoms with Gasteiger partial charge in [-0.15, -0.1) is 0 Å². The Morgan fingerprint density at radius 2 is 2.00 bits per heavy atom. The van der Waals surface area contributed by atoms with Gasteiger partial charge in [0.2, 0.25) is 0 Å². The van der Waals surface area contributed by atoms with E-state index in [9.17, 15) is 0 Å². The molecule has 0 radical (unpaired) electrons. The smallest absolute Gasteiger partial charge is 0.138 e. The lowest BCUT2D eigenvalue weighted by atomic mass is 10.2. The van der Waals surface area contributed by atoms with E-state index in [1.165, 1.54) is 5.56 Å². The van der Waals surface area contributed by atoms with Gasteiger partial charge >= 0.3 is 0 Å². The predicted octanol–water partition coefficient (Wildman–Crippen LogP) is 1.41. The first-order chi connectivity index (χ1) is 9.38. The maximum atomic E-state index is 5.65. The van der Waals surface area contributed by atoms with Gasteiger partial charge in [-0.05, 0) is 23.8 Å². The minimum absolute atomic E-state index is 0.340. The van der Waals surface area contributed by atoms with Crippen LogP contribution in [-0.2, 0) is 6.42 Å². The molecule has 0 aliphatic carbocycles. The molecule has 0 spiro atoms. The van der Waals surface area contributed by atoms with Crippen LogP contribution < -0.4 is 10.5 Å². The van der Waals surface area contributed by atoms with Crippen LogP contribution in [0.4, 0.5) is 0 Å². The third-order valence-corrected chi connectivity index (χ3v) is 2.46. The van der Waals surface area contributed by atoms with Crippen LogP contribution in [0.2, 0.25) is 0 Å². The zero-order valence-electron chi connectivity index (χ0n) is 10.5. The number of ether oxygens (including phenoxy) is 1. The third kappa shape index (κ3) is 4.41. The summed E-state index contributed by atoms with van der Waals surface area (Å²) >= 11 is 0. The SMILES string of the molecule is NCC#Cc1cncc(OCCc2ccncc2)c1. The summed E-state index contributed by atoms with van der Waals surface area (Å²) in [7, 11) is 0. The lowest BCUT2D eigenvalue weighted by molar-refractivity contribution is 0.320. The summed E-state index contributed by atoms with van der Waals surface area (Å²) in [5.74, 6) is 6.44. The fraction of sp³-hybridized carbons (Fsp3) is 0.200. The molecule has 4 nitrogen and oxygen atoms in total. The highest BCUT2D eigenvalue weighted by Crippen LogP contribution is 2.11. The summed E-state index contributed by atoms with van der Waals surface area (Å²) in [6.07, 6.45) is 7.76. The van der Waals surface area contributed by atoms with Crippen LogP contribution in [0.5, 0.6) is 5.75 Å². The van der Waals surface area contributed by atoms with Crippen molar-refractivity contribution >= 4 is 0 Å². The molecule has 2 aromatic rings. The highest BCUT2D eigenvalue weighted by atomic mass is 16.5. The van der Waals surface area contributed by atoms with Crippen LogP contribution in [0.25, 0.3) is 0 Å². The summed E-state index contributed by atoms with van der Waals surface area (Å²) in [6, 6.07) is 5.82. The van der Waals surface area contributed by atoms with Gasteiger partial charge in [0.25, 0.3) is 0 Å². The Balaban J connectivity index is 1.89. The highest BCUT2D eigenvalue weighted by molar-refractivity contribution is 5.36. The molecular weight excluding hydrogens is 238 g/mol. The molecule has 4 heteroatoms. The molecule has 2 N–H and O–H groups in total. The molecule has 96 valence electrons. The van der Waals surface area contributed by atoms with Gasteiger partial charge < -0.3 is 10.5 Å². The Bertz CT molecular complexity index is 573. The average molecular weight is 253 g/mol. The summed E-state index contributed by atoms with van der Waals surface area (Å²) in [6.45, 7) is 0.937. The number of aromatic nitrogens is 2. The zero-order chi connectivity index (χ0) is 13.3. The Labute approximate surface area is 112 Å². The normalized spacial score (nSPS) is 9.53. The Kier molecular flexibility index (Phi) is 4.91. The van der Waals surface area contributed by atoms with E-state index in [4.69, 9.17) is 10.5 Å². The first-order valence-corrected chi connectivity index (χ1v) is 6.04. The summed E-state index contributed by atoms with van der Waals surface area (Å²) in [5, 5.41) is 0. The van der Waals surface area contributed by atoms with E-state index < -0.39 is 0 Å². The first-order valence-electron chi connectivity index (χ1n) is 6.04. The summed E-state index contributed by atoms with van der Waals surface area (Å²) in [5.41, 5.74) is 7.34. The number of rotatable bonds is 4. The summed E-state index contributed by atoms with van der Waals surface area (Å²) < 4.78 is 5.65. The molecule has 0 unspecified atom stereocenters. The van der Waals surface area contributed by atoms with Crippen LogP contribution in [0, 0.1) is 11.8 Å². The van der Waals surface area contributed by atoms with Crippen LogP contribution in [0.1, 0.15) is 11.1 Å². The second-order valence-corrected chi connectivity index (χ2v) is 3.87. The topological polar surface area (TPSA) is 61.0 Å². The molecular formula is C15H15N3O. The number of nitrogens with zero attached hydrogens (tertiary/aromatic N) is 2. The number of hydrogen-bond donors (Lipinski definition) is 1. The molecule has 2 rings (SSSR count). The van der Waals surface area contributed by atoms with Gasteiger partial charge in [-0.2, -0.15) is 0 Å². The van der Waals surface area contributed by atoms with Gasteiger partial charge in [0.05, 0.1) is 19.3 Å². The third-order valence-electron chi connectivity index (χ3n) is 2.46. The van der Waals surface area contributed by atoms with Gasteiger partial charge in [-0.1, -0.05) is 11.8 Å². The van der Waals surface area contributed by atoms with Crippen molar-refractivity contribution in [3.63, 3.8) is 0 Å². The van der Waals surface area contributed by atoms with Crippen LogP contribution in [0.15, 0.2) is 43.0 Å². The molecule has 0 aliphatic heterocycles. The highest BCUT2D eigenvalue weighted by Gasteiger charge is 1.97. The van der Waals surface area contributed by atoms with Crippen molar-refractivity contribution in [1.82, 2.24) is 9.97 Å². The average Bonchev–Trinajstić information content (AvgIpc) is 2.47. The summed E-state index contributed by atoms with van der Waals surface area (Å²) in [4.78, 5) is 8.06. The molecule has 0 aromatic carbocycles. The number of hydrogen-bond acceptors (Lipinski definition) is 4. The molecule has 0 amide bonds. The maximum Gasteiger partial charge on any atom is 0.138 e. The minimum atomic E-state index is 0.340. The largest absolute Gasteiger partial charge is 0.492 e. The second-order valence-electron chi connectivity index (χ2n) is 3.87. The second kappa shape index (κ2) is 7.14. The van der Waals surface area contributed by atoms with Crippen molar-refractivity contribution in [1.29, 1.82) is 0 Å².